The van der Waals surface area contributed by atoms with Crippen molar-refractivity contribution in [1.82, 2.24) is 19.7 Å². The van der Waals surface area contributed by atoms with Crippen molar-refractivity contribution in [2.45, 2.75) is 62.8 Å². The molecule has 0 atom stereocenters. The highest BCUT2D eigenvalue weighted by atomic mass is 19.3. The SMILES string of the molecule is O=C(Cn1nc(OC2CC3(C2)CC(F)(F)C3)c2cc(C3(F)CC3)ccc2c1=O)Nc1ncc(F)cn1.[HH]. The highest BCUT2D eigenvalue weighted by Gasteiger charge is 2.62. The molecule has 190 valence electrons. The Morgan fingerprint density at radius 3 is 2.47 bits per heavy atom. The molecule has 8 nitrogen and oxygen atoms in total. The molecule has 3 saturated carbocycles. The number of hydrogen-bond donors (Lipinski definition) is 1. The van der Waals surface area contributed by atoms with Crippen molar-refractivity contribution in [2.75, 3.05) is 5.32 Å². The second kappa shape index (κ2) is 7.71. The average molecular weight is 505 g/mol. The number of amides is 1. The number of hydrogen-bond acceptors (Lipinski definition) is 6. The third-order valence-corrected chi connectivity index (χ3v) is 7.16. The van der Waals surface area contributed by atoms with Crippen LogP contribution in [0.2, 0.25) is 0 Å². The lowest BCUT2D eigenvalue weighted by Crippen LogP contribution is -2.57. The van der Waals surface area contributed by atoms with Gasteiger partial charge in [-0.2, -0.15) is 0 Å². The number of rotatable bonds is 6. The summed E-state index contributed by atoms with van der Waals surface area (Å²) in [5, 5.41) is 7.08. The topological polar surface area (TPSA) is 99.0 Å². The second-order valence-corrected chi connectivity index (χ2v) is 10.1. The van der Waals surface area contributed by atoms with E-state index in [2.05, 4.69) is 20.4 Å². The van der Waals surface area contributed by atoms with E-state index in [0.29, 0.717) is 36.6 Å². The third-order valence-electron chi connectivity index (χ3n) is 7.16. The Labute approximate surface area is 203 Å². The van der Waals surface area contributed by atoms with Gasteiger partial charge in [0.15, 0.2) is 5.82 Å². The first-order chi connectivity index (χ1) is 17.0. The lowest BCUT2D eigenvalue weighted by atomic mass is 9.53. The molecule has 0 saturated heterocycles. The first kappa shape index (κ1) is 22.9. The predicted octanol–water partition coefficient (Wildman–Crippen LogP) is 4.13. The molecule has 3 aliphatic rings. The molecule has 0 radical (unpaired) electrons. The molecule has 0 aliphatic heterocycles. The number of carbonyl (C=O) groups is 1. The minimum atomic E-state index is -2.64. The van der Waals surface area contributed by atoms with Crippen molar-refractivity contribution >= 4 is 22.6 Å². The Kier molecular flexibility index (Phi) is 4.90. The number of nitrogens with one attached hydrogen (secondary N) is 1. The van der Waals surface area contributed by atoms with Gasteiger partial charge in [-0.3, -0.25) is 14.9 Å². The van der Waals surface area contributed by atoms with E-state index in [0.717, 1.165) is 17.1 Å². The zero-order valence-corrected chi connectivity index (χ0v) is 18.9. The molecule has 36 heavy (non-hydrogen) atoms. The maximum absolute atomic E-state index is 14.7. The number of ether oxygens (including phenoxy) is 1. The Bertz CT molecular complexity index is 1430. The number of aromatic nitrogens is 4. The van der Waals surface area contributed by atoms with Crippen molar-refractivity contribution in [3.05, 3.63) is 52.3 Å². The van der Waals surface area contributed by atoms with Gasteiger partial charge in [-0.05, 0) is 48.8 Å². The van der Waals surface area contributed by atoms with Gasteiger partial charge in [0.05, 0.1) is 23.2 Å². The van der Waals surface area contributed by atoms with Crippen molar-refractivity contribution in [3.8, 4) is 5.88 Å². The van der Waals surface area contributed by atoms with E-state index in [4.69, 9.17) is 4.74 Å². The molecule has 3 aliphatic carbocycles. The lowest BCUT2D eigenvalue weighted by molar-refractivity contribution is -0.215. The van der Waals surface area contributed by atoms with Crippen LogP contribution in [0, 0.1) is 11.2 Å². The standard InChI is InChI=1S/C24H21F4N5O3.H2/c25-14-8-29-21(30-9-14)31-18(34)10-33-20(35)16-2-1-13(23(26)3-4-23)5-17(16)19(32-33)36-15-6-22(7-15)11-24(27,28)12-22;/h1-2,5,8-9,15H,3-4,6-7,10-12H2,(H,29,30,31,34);1H. The van der Waals surface area contributed by atoms with Gasteiger partial charge < -0.3 is 4.74 Å². The summed E-state index contributed by atoms with van der Waals surface area (Å²) in [6, 6.07) is 4.55. The van der Waals surface area contributed by atoms with Crippen LogP contribution in [-0.4, -0.2) is 37.7 Å². The van der Waals surface area contributed by atoms with Crippen molar-refractivity contribution in [2.24, 2.45) is 5.41 Å². The van der Waals surface area contributed by atoms with E-state index in [1.54, 1.807) is 0 Å². The summed E-state index contributed by atoms with van der Waals surface area (Å²) in [5.74, 6) is -4.11. The fourth-order valence-corrected chi connectivity index (χ4v) is 5.29. The number of nitrogens with zero attached hydrogens (tertiary/aromatic N) is 4. The van der Waals surface area contributed by atoms with E-state index in [1.807, 2.05) is 0 Å². The van der Waals surface area contributed by atoms with Crippen molar-refractivity contribution in [1.29, 1.82) is 0 Å². The van der Waals surface area contributed by atoms with Gasteiger partial charge in [0.25, 0.3) is 5.56 Å². The smallest absolute Gasteiger partial charge is 0.275 e. The lowest BCUT2D eigenvalue weighted by Gasteiger charge is -2.56. The zero-order chi connectivity index (χ0) is 25.3. The van der Waals surface area contributed by atoms with Crippen molar-refractivity contribution in [3.63, 3.8) is 0 Å². The molecule has 0 unspecified atom stereocenters. The summed E-state index contributed by atoms with van der Waals surface area (Å²) in [7, 11) is 0. The highest BCUT2D eigenvalue weighted by Crippen LogP contribution is 2.63. The summed E-state index contributed by atoms with van der Waals surface area (Å²) >= 11 is 0. The van der Waals surface area contributed by atoms with E-state index in [1.165, 1.54) is 18.2 Å². The van der Waals surface area contributed by atoms with Crippen LogP contribution in [0.1, 0.15) is 45.5 Å². The maximum atomic E-state index is 14.7. The third kappa shape index (κ3) is 4.07. The highest BCUT2D eigenvalue weighted by molar-refractivity contribution is 5.90. The van der Waals surface area contributed by atoms with E-state index >= 15 is 0 Å². The van der Waals surface area contributed by atoms with Gasteiger partial charge in [-0.1, -0.05) is 6.07 Å². The number of fused-ring (bicyclic) bond motifs is 1. The molecular weight excluding hydrogens is 482 g/mol. The van der Waals surface area contributed by atoms with E-state index in [-0.39, 0.29) is 37.6 Å². The first-order valence-electron chi connectivity index (χ1n) is 11.6. The predicted molar refractivity (Wildman–Crippen MR) is 121 cm³/mol. The molecule has 6 rings (SSSR count). The van der Waals surface area contributed by atoms with Crippen LogP contribution >= 0.6 is 0 Å². The van der Waals surface area contributed by atoms with Crippen LogP contribution in [0.25, 0.3) is 10.8 Å². The summed E-state index contributed by atoms with van der Waals surface area (Å²) in [4.78, 5) is 32.9. The number of benzene rings is 1. The monoisotopic (exact) mass is 505 g/mol. The largest absolute Gasteiger partial charge is 0.473 e. The molecule has 2 heterocycles. The number of alkyl halides is 3. The van der Waals surface area contributed by atoms with Crippen LogP contribution in [0.15, 0.2) is 35.4 Å². The van der Waals surface area contributed by atoms with Crippen molar-refractivity contribution < 1.29 is 28.5 Å². The van der Waals surface area contributed by atoms with Gasteiger partial charge in [0, 0.05) is 14.3 Å². The number of anilines is 1. The maximum Gasteiger partial charge on any atom is 0.275 e. The van der Waals surface area contributed by atoms with Gasteiger partial charge in [-0.15, -0.1) is 5.10 Å². The Balaban J connectivity index is 0.00000280. The summed E-state index contributed by atoms with van der Waals surface area (Å²) in [6.07, 6.45) is 2.66. The van der Waals surface area contributed by atoms with Gasteiger partial charge in [0.2, 0.25) is 23.7 Å². The van der Waals surface area contributed by atoms with Gasteiger partial charge >= 0.3 is 0 Å². The van der Waals surface area contributed by atoms with E-state index < -0.39 is 40.8 Å². The molecule has 12 heteroatoms. The Hall–Kier alpha value is -3.57. The van der Waals surface area contributed by atoms with Crippen LogP contribution in [0.4, 0.5) is 23.5 Å². The first-order valence-corrected chi connectivity index (χ1v) is 11.6. The molecule has 0 bridgehead atoms. The summed E-state index contributed by atoms with van der Waals surface area (Å²) in [6.45, 7) is -0.512. The number of halogens is 4. The van der Waals surface area contributed by atoms with Crippen LogP contribution in [0.5, 0.6) is 5.88 Å². The summed E-state index contributed by atoms with van der Waals surface area (Å²) in [5.41, 5.74) is -2.07. The van der Waals surface area contributed by atoms with Gasteiger partial charge in [-0.25, -0.2) is 32.2 Å². The zero-order valence-electron chi connectivity index (χ0n) is 18.9. The average Bonchev–Trinajstić information content (AvgIpc) is 3.54. The van der Waals surface area contributed by atoms with Crippen LogP contribution < -0.4 is 15.6 Å². The normalized spacial score (nSPS) is 21.0. The fourth-order valence-electron chi connectivity index (χ4n) is 5.29. The molecule has 1 aromatic carbocycles. The minimum Gasteiger partial charge on any atom is -0.473 e. The quantitative estimate of drug-likeness (QED) is 0.506. The fraction of sp³-hybridized carbons (Fsp3) is 0.458. The molecule has 1 N–H and O–H groups in total. The Morgan fingerprint density at radius 1 is 1.14 bits per heavy atom. The summed E-state index contributed by atoms with van der Waals surface area (Å²) < 4.78 is 61.4. The molecule has 3 fully saturated rings. The molecule has 2 aromatic heterocycles. The van der Waals surface area contributed by atoms with Crippen LogP contribution in [0.3, 0.4) is 0 Å². The second-order valence-electron chi connectivity index (χ2n) is 10.1. The molecule has 3 aromatic rings. The van der Waals surface area contributed by atoms with E-state index in [9.17, 15) is 27.2 Å². The van der Waals surface area contributed by atoms with Crippen LogP contribution in [-0.2, 0) is 17.0 Å². The molecular formula is C24H23F4N5O3. The number of carbonyl (C=O) groups excluding carboxylic acids is 1. The van der Waals surface area contributed by atoms with Gasteiger partial charge in [0.1, 0.15) is 18.3 Å². The Morgan fingerprint density at radius 2 is 1.83 bits per heavy atom. The molecule has 1 spiro atoms. The minimum absolute atomic E-state index is 0. The molecule has 1 amide bonds.